The number of carbonyl (C=O) groups is 2. The lowest BCUT2D eigenvalue weighted by Gasteiger charge is -2.45. The largest absolute Gasteiger partial charge is 0.484 e. The molecule has 1 heterocycles. The fourth-order valence-corrected chi connectivity index (χ4v) is 5.33. The van der Waals surface area contributed by atoms with Gasteiger partial charge in [0, 0.05) is 46.3 Å². The minimum absolute atomic E-state index is 0.0904. The second-order valence-electron chi connectivity index (χ2n) is 10.9. The van der Waals surface area contributed by atoms with Crippen molar-refractivity contribution in [2.45, 2.75) is 26.7 Å². The van der Waals surface area contributed by atoms with E-state index in [0.29, 0.717) is 30.4 Å². The van der Waals surface area contributed by atoms with Crippen molar-refractivity contribution in [1.29, 1.82) is 0 Å². The van der Waals surface area contributed by atoms with Gasteiger partial charge in [0.2, 0.25) is 0 Å². The van der Waals surface area contributed by atoms with Crippen molar-refractivity contribution in [1.82, 2.24) is 10.9 Å². The Hall–Kier alpha value is -4.08. The Morgan fingerprint density at radius 1 is 0.951 bits per heavy atom. The highest BCUT2D eigenvalue weighted by molar-refractivity contribution is 7.80. The zero-order valence-corrected chi connectivity index (χ0v) is 24.5. The van der Waals surface area contributed by atoms with E-state index in [9.17, 15) is 9.59 Å². The van der Waals surface area contributed by atoms with Crippen LogP contribution in [-0.2, 0) is 9.59 Å². The summed E-state index contributed by atoms with van der Waals surface area (Å²) in [6.07, 6.45) is 1.37. The number of hydrogen-bond donors (Lipinski definition) is 3. The molecule has 1 aliphatic heterocycles. The van der Waals surface area contributed by atoms with Gasteiger partial charge < -0.3 is 19.9 Å². The van der Waals surface area contributed by atoms with Gasteiger partial charge in [-0.3, -0.25) is 20.4 Å². The molecule has 0 aromatic heterocycles. The summed E-state index contributed by atoms with van der Waals surface area (Å²) in [4.78, 5) is 29.9. The van der Waals surface area contributed by atoms with Crippen molar-refractivity contribution in [3.8, 4) is 5.75 Å². The van der Waals surface area contributed by atoms with E-state index in [4.69, 9.17) is 28.6 Å². The molecule has 8 nitrogen and oxygen atoms in total. The Balaban J connectivity index is 1.21. The molecule has 0 unspecified atom stereocenters. The van der Waals surface area contributed by atoms with Gasteiger partial charge in [-0.1, -0.05) is 43.6 Å². The van der Waals surface area contributed by atoms with Gasteiger partial charge in [-0.05, 0) is 84.7 Å². The molecule has 0 spiro atoms. The normalized spacial score (nSPS) is 16.1. The maximum atomic E-state index is 13.2. The first-order valence-corrected chi connectivity index (χ1v) is 14.1. The highest BCUT2D eigenvalue weighted by Crippen LogP contribution is 2.42. The molecule has 0 saturated heterocycles. The number of para-hydroxylation sites is 1. The van der Waals surface area contributed by atoms with Gasteiger partial charge in [-0.25, -0.2) is 0 Å². The van der Waals surface area contributed by atoms with Crippen LogP contribution in [0.2, 0.25) is 5.02 Å². The second-order valence-corrected chi connectivity index (χ2v) is 11.7. The maximum Gasteiger partial charge on any atom is 0.276 e. The van der Waals surface area contributed by atoms with Crippen molar-refractivity contribution >= 4 is 57.7 Å². The number of anilines is 3. The van der Waals surface area contributed by atoms with Gasteiger partial charge in [0.15, 0.2) is 17.5 Å². The number of ether oxygens (including phenoxy) is 1. The van der Waals surface area contributed by atoms with Gasteiger partial charge in [0.25, 0.3) is 5.91 Å². The molecular weight excluding hydrogens is 558 g/mol. The first-order valence-electron chi connectivity index (χ1n) is 13.3. The van der Waals surface area contributed by atoms with Crippen LogP contribution in [0, 0.1) is 5.41 Å². The highest BCUT2D eigenvalue weighted by Gasteiger charge is 2.39. The zero-order valence-electron chi connectivity index (χ0n) is 22.9. The summed E-state index contributed by atoms with van der Waals surface area (Å²) in [7, 11) is 0. The predicted molar refractivity (Wildman–Crippen MR) is 167 cm³/mol. The van der Waals surface area contributed by atoms with Crippen LogP contribution in [-0.4, -0.2) is 36.6 Å². The van der Waals surface area contributed by atoms with Crippen LogP contribution in [0.25, 0.3) is 0 Å². The lowest BCUT2D eigenvalue weighted by Crippen LogP contribution is -2.48. The molecule has 2 aliphatic rings. The number of ketones is 1. The third-order valence-electron chi connectivity index (χ3n) is 7.01. The summed E-state index contributed by atoms with van der Waals surface area (Å²) in [5, 5.41) is 3.91. The van der Waals surface area contributed by atoms with E-state index in [1.165, 1.54) is 0 Å². The van der Waals surface area contributed by atoms with Crippen LogP contribution in [0.5, 0.6) is 5.75 Å². The maximum absolute atomic E-state index is 13.2. The molecule has 1 aliphatic carbocycles. The van der Waals surface area contributed by atoms with Crippen LogP contribution in [0.1, 0.15) is 26.7 Å². The summed E-state index contributed by atoms with van der Waals surface area (Å²) in [5.74, 6) is 0.368. The number of benzene rings is 3. The summed E-state index contributed by atoms with van der Waals surface area (Å²) in [6.45, 7) is 5.24. The first kappa shape index (κ1) is 28.4. The van der Waals surface area contributed by atoms with E-state index in [1.54, 1.807) is 0 Å². The molecule has 0 bridgehead atoms. The summed E-state index contributed by atoms with van der Waals surface area (Å²) < 4.78 is 5.67. The van der Waals surface area contributed by atoms with E-state index in [-0.39, 0.29) is 28.8 Å². The van der Waals surface area contributed by atoms with Gasteiger partial charge in [-0.15, -0.1) is 0 Å². The molecule has 1 amide bonds. The number of carbonyl (C=O) groups excluding carboxylic acids is 2. The third-order valence-corrected chi connectivity index (χ3v) is 7.47. The minimum Gasteiger partial charge on any atom is -0.484 e. The number of hydrogen-bond acceptors (Lipinski definition) is 6. The molecule has 3 N–H and O–H groups in total. The Bertz CT molecular complexity index is 1460. The molecule has 0 atom stereocenters. The number of Topliss-reactive ketones (excluding diaryl/α,β-unsaturated/α-hetero) is 1. The molecule has 5 rings (SSSR count). The van der Waals surface area contributed by atoms with Crippen LogP contribution in [0.15, 0.2) is 90.1 Å². The number of halogens is 1. The monoisotopic (exact) mass is 589 g/mol. The van der Waals surface area contributed by atoms with Crippen molar-refractivity contribution in [3.63, 3.8) is 0 Å². The van der Waals surface area contributed by atoms with Gasteiger partial charge in [0.1, 0.15) is 5.75 Å². The zero-order chi connectivity index (χ0) is 29.0. The summed E-state index contributed by atoms with van der Waals surface area (Å²) in [6, 6.07) is 24.6. The van der Waals surface area contributed by atoms with Crippen molar-refractivity contribution in [3.05, 3.63) is 95.2 Å². The quantitative estimate of drug-likeness (QED) is 0.251. The number of allylic oxidation sites excluding steroid dienone is 1. The van der Waals surface area contributed by atoms with E-state index in [2.05, 4.69) is 39.8 Å². The molecular formula is C31H32ClN5O3S. The van der Waals surface area contributed by atoms with Gasteiger partial charge >= 0.3 is 0 Å². The lowest BCUT2D eigenvalue weighted by molar-refractivity contribution is -0.123. The number of nitrogens with zero attached hydrogens (tertiary/aromatic N) is 2. The number of rotatable bonds is 6. The van der Waals surface area contributed by atoms with Crippen LogP contribution in [0.3, 0.4) is 0 Å². The molecule has 41 heavy (non-hydrogen) atoms. The fraction of sp³-hybridized carbons (Fsp3) is 0.258. The minimum atomic E-state index is -0.376. The van der Waals surface area contributed by atoms with Crippen molar-refractivity contribution in [2.24, 2.45) is 5.41 Å². The van der Waals surface area contributed by atoms with Crippen LogP contribution < -0.4 is 30.7 Å². The number of nitrogens with one attached hydrogen (secondary N) is 3. The fourth-order valence-electron chi connectivity index (χ4n) is 5.04. The Kier molecular flexibility index (Phi) is 8.46. The van der Waals surface area contributed by atoms with E-state index in [1.807, 2.05) is 78.9 Å². The van der Waals surface area contributed by atoms with E-state index >= 15 is 0 Å². The van der Waals surface area contributed by atoms with Gasteiger partial charge in [-0.2, -0.15) is 0 Å². The SMILES string of the molecule is CC1(C)CC(=O)C2=C(C1)N(c1ccc(Cl)cc1)CN(c1ccc(OCC(=O)NNC(=S)Nc3ccccc3)cc1)C2. The number of amides is 1. The molecule has 0 fully saturated rings. The van der Waals surface area contributed by atoms with E-state index < -0.39 is 0 Å². The average Bonchev–Trinajstić information content (AvgIpc) is 2.95. The van der Waals surface area contributed by atoms with Crippen LogP contribution in [0.4, 0.5) is 17.1 Å². The van der Waals surface area contributed by atoms with Gasteiger partial charge in [0.05, 0.1) is 6.67 Å². The molecule has 212 valence electrons. The van der Waals surface area contributed by atoms with Crippen molar-refractivity contribution in [2.75, 3.05) is 34.9 Å². The Morgan fingerprint density at radius 3 is 2.34 bits per heavy atom. The lowest BCUT2D eigenvalue weighted by atomic mass is 9.74. The van der Waals surface area contributed by atoms with Crippen molar-refractivity contribution < 1.29 is 14.3 Å². The van der Waals surface area contributed by atoms with Crippen LogP contribution >= 0.6 is 23.8 Å². The average molecular weight is 590 g/mol. The summed E-state index contributed by atoms with van der Waals surface area (Å²) >= 11 is 11.3. The Morgan fingerprint density at radius 2 is 1.63 bits per heavy atom. The molecule has 10 heteroatoms. The predicted octanol–water partition coefficient (Wildman–Crippen LogP) is 5.66. The molecule has 0 radical (unpaired) electrons. The standard InChI is InChI=1S/C31H32ClN5O3S/c1-31(2)16-27-26(28(38)17-31)18-36(20-37(27)24-10-8-21(32)9-11-24)23-12-14-25(15-13-23)40-19-29(39)34-35-30(41)33-22-6-4-3-5-7-22/h3-15H,16-20H2,1-2H3,(H,34,39)(H2,33,35,41). The second kappa shape index (κ2) is 12.2. The Labute approximate surface area is 250 Å². The number of hydrazine groups is 1. The first-order chi connectivity index (χ1) is 19.7. The summed E-state index contributed by atoms with van der Waals surface area (Å²) in [5.41, 5.74) is 9.79. The highest BCUT2D eigenvalue weighted by atomic mass is 35.5. The topological polar surface area (TPSA) is 85.9 Å². The third kappa shape index (κ3) is 7.17. The smallest absolute Gasteiger partial charge is 0.276 e. The molecule has 3 aromatic rings. The molecule has 0 saturated carbocycles. The van der Waals surface area contributed by atoms with E-state index in [0.717, 1.165) is 34.8 Å². The molecule has 3 aromatic carbocycles. The number of thiocarbonyl (C=S) groups is 1.